The summed E-state index contributed by atoms with van der Waals surface area (Å²) in [5, 5.41) is 0. The van der Waals surface area contributed by atoms with E-state index in [9.17, 15) is 0 Å². The number of nitrogens with two attached hydrogens (primary N) is 1. The van der Waals surface area contributed by atoms with Gasteiger partial charge in [0, 0.05) is 0 Å². The van der Waals surface area contributed by atoms with Gasteiger partial charge in [-0.15, -0.1) is 19.6 Å². The average Bonchev–Trinajstić information content (AvgIpc) is 1.72. The number of hydrogen-bond acceptors (Lipinski definition) is 1. The van der Waals surface area contributed by atoms with Gasteiger partial charge in [-0.2, -0.15) is 0 Å². The van der Waals surface area contributed by atoms with E-state index in [-0.39, 0.29) is 0 Å². The van der Waals surface area contributed by atoms with Gasteiger partial charge in [0.15, 0.2) is 0 Å². The van der Waals surface area contributed by atoms with E-state index in [1.54, 1.807) is 0 Å². The number of hydrogen-bond donors (Lipinski definition) is 1. The Labute approximate surface area is 38.9 Å². The van der Waals surface area contributed by atoms with Crippen molar-refractivity contribution >= 4 is 0 Å². The van der Waals surface area contributed by atoms with Gasteiger partial charge in [-0.05, 0) is 0 Å². The first-order valence-electron chi connectivity index (χ1n) is 1.55. The Bertz CT molecular complexity index is 42.4. The fourth-order valence-electron chi connectivity index (χ4n) is 0. The van der Waals surface area contributed by atoms with E-state index >= 15 is 0 Å². The fraction of sp³-hybridized carbons (Fsp3) is 0.200. The third-order valence-electron chi connectivity index (χ3n) is 0.118. The van der Waals surface area contributed by atoms with Crippen LogP contribution in [0.2, 0.25) is 0 Å². The molecule has 0 amide bonds. The smallest absolute Gasteiger partial charge is 0.0548 e. The first-order valence-corrected chi connectivity index (χ1v) is 1.55. The third kappa shape index (κ3) is 246. The standard InChI is InChI=1S/C3H5N.C2H4/c1-2-3-4;1-2/h1H,3-4H2;1-2H2. The van der Waals surface area contributed by atoms with Gasteiger partial charge in [0.2, 0.25) is 0 Å². The lowest BCUT2D eigenvalue weighted by Crippen LogP contribution is -1.91. The van der Waals surface area contributed by atoms with Crippen LogP contribution in [0.15, 0.2) is 13.2 Å². The van der Waals surface area contributed by atoms with Gasteiger partial charge < -0.3 is 5.73 Å². The Morgan fingerprint density at radius 2 is 1.83 bits per heavy atom. The van der Waals surface area contributed by atoms with Crippen molar-refractivity contribution < 1.29 is 0 Å². The molecule has 0 unspecified atom stereocenters. The molecule has 0 aromatic carbocycles. The molecular weight excluding hydrogens is 74.1 g/mol. The molecule has 0 aromatic rings. The molecule has 0 saturated heterocycles. The molecule has 0 aliphatic rings. The van der Waals surface area contributed by atoms with Crippen molar-refractivity contribution in [2.45, 2.75) is 0 Å². The van der Waals surface area contributed by atoms with Crippen LogP contribution in [0.5, 0.6) is 0 Å². The quantitative estimate of drug-likeness (QED) is 0.332. The van der Waals surface area contributed by atoms with Gasteiger partial charge in [-0.1, -0.05) is 5.92 Å². The first kappa shape index (κ1) is 8.98. The van der Waals surface area contributed by atoms with Crippen LogP contribution in [-0.2, 0) is 0 Å². The normalized spacial score (nSPS) is 4.00. The molecule has 0 rings (SSSR count). The van der Waals surface area contributed by atoms with Crippen molar-refractivity contribution in [2.24, 2.45) is 5.73 Å². The van der Waals surface area contributed by atoms with E-state index in [0.717, 1.165) is 0 Å². The van der Waals surface area contributed by atoms with Crippen LogP contribution in [0.1, 0.15) is 0 Å². The third-order valence-corrected chi connectivity index (χ3v) is 0.118. The summed E-state index contributed by atoms with van der Waals surface area (Å²) in [6.07, 6.45) is 4.65. The molecule has 0 radical (unpaired) electrons. The molecule has 0 aliphatic carbocycles. The van der Waals surface area contributed by atoms with Gasteiger partial charge in [0.1, 0.15) is 0 Å². The van der Waals surface area contributed by atoms with E-state index < -0.39 is 0 Å². The monoisotopic (exact) mass is 83.1 g/mol. The van der Waals surface area contributed by atoms with Crippen LogP contribution in [0.3, 0.4) is 0 Å². The molecule has 0 aliphatic heterocycles. The number of rotatable bonds is 0. The van der Waals surface area contributed by atoms with Crippen LogP contribution in [-0.4, -0.2) is 6.54 Å². The second-order valence-electron chi connectivity index (χ2n) is 0.408. The van der Waals surface area contributed by atoms with Crippen molar-refractivity contribution in [3.63, 3.8) is 0 Å². The highest BCUT2D eigenvalue weighted by Gasteiger charge is 1.41. The lowest BCUT2D eigenvalue weighted by molar-refractivity contribution is 1.30. The predicted molar refractivity (Wildman–Crippen MR) is 29.1 cm³/mol. The molecule has 0 bridgehead atoms. The molecule has 0 fully saturated rings. The van der Waals surface area contributed by atoms with Crippen molar-refractivity contribution in [2.75, 3.05) is 6.54 Å². The van der Waals surface area contributed by atoms with Gasteiger partial charge in [0.25, 0.3) is 0 Å². The second kappa shape index (κ2) is 28.5. The van der Waals surface area contributed by atoms with Crippen molar-refractivity contribution in [3.8, 4) is 12.3 Å². The van der Waals surface area contributed by atoms with Gasteiger partial charge in [-0.25, -0.2) is 0 Å². The second-order valence-corrected chi connectivity index (χ2v) is 0.408. The van der Waals surface area contributed by atoms with E-state index in [4.69, 9.17) is 5.73 Å². The summed E-state index contributed by atoms with van der Waals surface area (Å²) < 4.78 is 0. The summed E-state index contributed by atoms with van der Waals surface area (Å²) in [6, 6.07) is 0. The predicted octanol–water partition coefficient (Wildman–Crippen LogP) is 0.381. The highest BCUT2D eigenvalue weighted by atomic mass is 14.5. The highest BCUT2D eigenvalue weighted by molar-refractivity contribution is 4.83. The maximum absolute atomic E-state index is 4.79. The van der Waals surface area contributed by atoms with Crippen LogP contribution in [0.25, 0.3) is 0 Å². The SMILES string of the molecule is C#CCN.C=C. The van der Waals surface area contributed by atoms with Gasteiger partial charge >= 0.3 is 0 Å². The molecule has 1 heteroatoms. The topological polar surface area (TPSA) is 26.0 Å². The number of terminal acetylenes is 1. The van der Waals surface area contributed by atoms with Crippen molar-refractivity contribution in [3.05, 3.63) is 13.2 Å². The summed E-state index contributed by atoms with van der Waals surface area (Å²) >= 11 is 0. The molecule has 0 spiro atoms. The Kier molecular flexibility index (Phi) is 42.7. The van der Waals surface area contributed by atoms with Gasteiger partial charge in [-0.3, -0.25) is 0 Å². The van der Waals surface area contributed by atoms with Crippen LogP contribution in [0, 0.1) is 12.3 Å². The highest BCUT2D eigenvalue weighted by Crippen LogP contribution is 1.25. The molecule has 34 valence electrons. The van der Waals surface area contributed by atoms with E-state index in [0.29, 0.717) is 6.54 Å². The molecule has 0 saturated carbocycles. The molecule has 2 N–H and O–H groups in total. The van der Waals surface area contributed by atoms with E-state index in [1.807, 2.05) is 0 Å². The van der Waals surface area contributed by atoms with Crippen molar-refractivity contribution in [1.82, 2.24) is 0 Å². The molecule has 1 nitrogen and oxygen atoms in total. The zero-order valence-corrected chi connectivity index (χ0v) is 3.78. The molecule has 0 heterocycles. The van der Waals surface area contributed by atoms with Crippen LogP contribution < -0.4 is 5.73 Å². The minimum absolute atomic E-state index is 0.347. The maximum atomic E-state index is 4.79. The fourth-order valence-corrected chi connectivity index (χ4v) is 0. The van der Waals surface area contributed by atoms with Crippen molar-refractivity contribution in [1.29, 1.82) is 0 Å². The zero-order valence-electron chi connectivity index (χ0n) is 3.78. The summed E-state index contributed by atoms with van der Waals surface area (Å²) in [6.45, 7) is 6.35. The summed E-state index contributed by atoms with van der Waals surface area (Å²) in [7, 11) is 0. The minimum atomic E-state index is 0.347. The molecule has 0 aromatic heterocycles. The lowest BCUT2D eigenvalue weighted by atomic mass is 10.7. The van der Waals surface area contributed by atoms with E-state index in [1.165, 1.54) is 0 Å². The largest absolute Gasteiger partial charge is 0.320 e. The van der Waals surface area contributed by atoms with Crippen LogP contribution in [0.4, 0.5) is 0 Å². The summed E-state index contributed by atoms with van der Waals surface area (Å²) in [5.74, 6) is 2.21. The molecule has 0 atom stereocenters. The average molecular weight is 83.1 g/mol. The minimum Gasteiger partial charge on any atom is -0.320 e. The molecule has 6 heavy (non-hydrogen) atoms. The first-order chi connectivity index (χ1) is 2.91. The molecular formula is C5H9N. The Morgan fingerprint density at radius 1 is 1.67 bits per heavy atom. The van der Waals surface area contributed by atoms with Crippen LogP contribution >= 0.6 is 0 Å². The summed E-state index contributed by atoms with van der Waals surface area (Å²) in [4.78, 5) is 0. The zero-order chi connectivity index (χ0) is 5.41. The lowest BCUT2D eigenvalue weighted by Gasteiger charge is -1.56. The van der Waals surface area contributed by atoms with Gasteiger partial charge in [0.05, 0.1) is 6.54 Å². The van der Waals surface area contributed by atoms with E-state index in [2.05, 4.69) is 25.5 Å². The Balaban J connectivity index is 0. The maximum Gasteiger partial charge on any atom is 0.0548 e. The summed E-state index contributed by atoms with van der Waals surface area (Å²) in [5.41, 5.74) is 4.79. The Morgan fingerprint density at radius 3 is 1.83 bits per heavy atom. The Hall–Kier alpha value is -0.740.